The van der Waals surface area contributed by atoms with E-state index in [9.17, 15) is 4.79 Å². The number of rotatable bonds is 7. The minimum atomic E-state index is -0.356. The SMILES string of the molecule is CCCCc1nnc(-c2ccc([C@@H]3CC[C@@]4(CC)C(=O)N[C@H](C)[C@H]4[C@H]3c3ccc(Cl)cc3)c(Cl)c2)o1. The van der Waals surface area contributed by atoms with Crippen molar-refractivity contribution < 1.29 is 9.21 Å². The highest BCUT2D eigenvalue weighted by Gasteiger charge is 2.59. The van der Waals surface area contributed by atoms with Gasteiger partial charge in [0.2, 0.25) is 17.7 Å². The molecule has 1 aliphatic heterocycles. The van der Waals surface area contributed by atoms with Crippen molar-refractivity contribution in [3.05, 3.63) is 69.5 Å². The summed E-state index contributed by atoms with van der Waals surface area (Å²) in [6.45, 7) is 6.42. The molecule has 0 bridgehead atoms. The number of halogens is 2. The Morgan fingerprint density at radius 2 is 1.89 bits per heavy atom. The molecule has 2 aromatic carbocycles. The summed E-state index contributed by atoms with van der Waals surface area (Å²) in [5, 5.41) is 13.1. The molecule has 2 aliphatic rings. The highest BCUT2D eigenvalue weighted by atomic mass is 35.5. The number of carbonyl (C=O) groups is 1. The summed E-state index contributed by atoms with van der Waals surface area (Å²) in [4.78, 5) is 13.2. The van der Waals surface area contributed by atoms with Crippen LogP contribution in [0.15, 0.2) is 46.9 Å². The van der Waals surface area contributed by atoms with Gasteiger partial charge in [-0.1, -0.05) is 61.7 Å². The van der Waals surface area contributed by atoms with Crippen LogP contribution in [0.3, 0.4) is 0 Å². The Labute approximate surface area is 223 Å². The molecular formula is C29H33Cl2N3O2. The molecule has 2 heterocycles. The molecule has 1 aromatic heterocycles. The molecule has 2 fully saturated rings. The van der Waals surface area contributed by atoms with Crippen molar-refractivity contribution in [2.75, 3.05) is 0 Å². The van der Waals surface area contributed by atoms with Crippen LogP contribution in [0.1, 0.15) is 81.7 Å². The minimum Gasteiger partial charge on any atom is -0.421 e. The lowest BCUT2D eigenvalue weighted by molar-refractivity contribution is -0.131. The van der Waals surface area contributed by atoms with E-state index in [4.69, 9.17) is 27.6 Å². The molecule has 5 rings (SSSR count). The first-order chi connectivity index (χ1) is 17.4. The molecule has 5 nitrogen and oxygen atoms in total. The standard InChI is InChI=1S/C29H33Cl2N3O2/c1-4-6-7-24-33-34-27(36-24)19-10-13-21(23(31)16-19)22-14-15-29(5-2)26(17(3)32-28(29)35)25(22)18-8-11-20(30)12-9-18/h8-13,16-17,22,25-26H,4-7,14-15H2,1-3H3,(H,32,35)/t17-,22+,25+,26+,29-/m1/s1. The van der Waals surface area contributed by atoms with Crippen LogP contribution >= 0.6 is 23.2 Å². The van der Waals surface area contributed by atoms with Gasteiger partial charge in [-0.25, -0.2) is 0 Å². The third-order valence-corrected chi connectivity index (χ3v) is 9.03. The van der Waals surface area contributed by atoms with Crippen molar-refractivity contribution in [2.45, 2.75) is 77.2 Å². The zero-order valence-electron chi connectivity index (χ0n) is 21.1. The van der Waals surface area contributed by atoms with Crippen LogP contribution in [0.25, 0.3) is 11.5 Å². The molecule has 0 radical (unpaired) electrons. The van der Waals surface area contributed by atoms with E-state index >= 15 is 0 Å². The van der Waals surface area contributed by atoms with Gasteiger partial charge in [-0.3, -0.25) is 4.79 Å². The van der Waals surface area contributed by atoms with Crippen LogP contribution in [0, 0.1) is 11.3 Å². The lowest BCUT2D eigenvalue weighted by Crippen LogP contribution is -2.43. The normalized spacial score (nSPS) is 27.6. The number of hydrogen-bond donors (Lipinski definition) is 1. The molecule has 0 unspecified atom stereocenters. The fraction of sp³-hybridized carbons (Fsp3) is 0.483. The Balaban J connectivity index is 1.53. The average molecular weight is 527 g/mol. The van der Waals surface area contributed by atoms with E-state index in [1.807, 2.05) is 24.3 Å². The molecular weight excluding hydrogens is 493 g/mol. The minimum absolute atomic E-state index is 0.0823. The van der Waals surface area contributed by atoms with Crippen molar-refractivity contribution in [2.24, 2.45) is 11.3 Å². The number of hydrogen-bond acceptors (Lipinski definition) is 4. The van der Waals surface area contributed by atoms with Crippen molar-refractivity contribution >= 4 is 29.1 Å². The van der Waals surface area contributed by atoms with Crippen LogP contribution < -0.4 is 5.32 Å². The van der Waals surface area contributed by atoms with E-state index in [2.05, 4.69) is 54.5 Å². The molecule has 3 aromatic rings. The van der Waals surface area contributed by atoms with Crippen LogP contribution in [-0.2, 0) is 11.2 Å². The third-order valence-electron chi connectivity index (χ3n) is 8.45. The van der Waals surface area contributed by atoms with Crippen LogP contribution in [0.4, 0.5) is 0 Å². The van der Waals surface area contributed by atoms with Gasteiger partial charge in [0.15, 0.2) is 0 Å². The topological polar surface area (TPSA) is 68.0 Å². The number of fused-ring (bicyclic) bond motifs is 1. The summed E-state index contributed by atoms with van der Waals surface area (Å²) in [6, 6.07) is 14.3. The van der Waals surface area contributed by atoms with E-state index in [0.29, 0.717) is 21.8 Å². The van der Waals surface area contributed by atoms with Gasteiger partial charge < -0.3 is 9.73 Å². The molecule has 5 atom stereocenters. The van der Waals surface area contributed by atoms with Gasteiger partial charge in [0.25, 0.3) is 0 Å². The zero-order chi connectivity index (χ0) is 25.4. The van der Waals surface area contributed by atoms with E-state index in [1.165, 1.54) is 5.56 Å². The van der Waals surface area contributed by atoms with E-state index < -0.39 is 0 Å². The predicted octanol–water partition coefficient (Wildman–Crippen LogP) is 7.58. The first-order valence-electron chi connectivity index (χ1n) is 13.1. The lowest BCUT2D eigenvalue weighted by Gasteiger charge is -2.47. The van der Waals surface area contributed by atoms with Gasteiger partial charge in [-0.05, 0) is 79.8 Å². The monoisotopic (exact) mass is 525 g/mol. The Morgan fingerprint density at radius 1 is 1.11 bits per heavy atom. The predicted molar refractivity (Wildman–Crippen MR) is 143 cm³/mol. The maximum absolute atomic E-state index is 13.2. The van der Waals surface area contributed by atoms with E-state index in [0.717, 1.165) is 49.7 Å². The summed E-state index contributed by atoms with van der Waals surface area (Å²) in [5.74, 6) is 1.83. The third kappa shape index (κ3) is 4.35. The second-order valence-electron chi connectivity index (χ2n) is 10.4. The van der Waals surface area contributed by atoms with E-state index in [1.54, 1.807) is 0 Å². The van der Waals surface area contributed by atoms with Gasteiger partial charge in [0.1, 0.15) is 0 Å². The molecule has 36 heavy (non-hydrogen) atoms. The van der Waals surface area contributed by atoms with Gasteiger partial charge in [-0.15, -0.1) is 10.2 Å². The number of amides is 1. The lowest BCUT2D eigenvalue weighted by atomic mass is 9.54. The highest BCUT2D eigenvalue weighted by molar-refractivity contribution is 6.31. The van der Waals surface area contributed by atoms with Crippen molar-refractivity contribution in [1.82, 2.24) is 15.5 Å². The van der Waals surface area contributed by atoms with Gasteiger partial charge in [0, 0.05) is 34.0 Å². The fourth-order valence-corrected chi connectivity index (χ4v) is 7.10. The average Bonchev–Trinajstić information content (AvgIpc) is 3.45. The van der Waals surface area contributed by atoms with Gasteiger partial charge in [-0.2, -0.15) is 0 Å². The Morgan fingerprint density at radius 3 is 2.58 bits per heavy atom. The molecule has 1 N–H and O–H groups in total. The summed E-state index contributed by atoms with van der Waals surface area (Å²) in [6.07, 6.45) is 5.44. The molecule has 1 aliphatic carbocycles. The maximum atomic E-state index is 13.2. The smallest absolute Gasteiger partial charge is 0.247 e. The van der Waals surface area contributed by atoms with Crippen LogP contribution in [0.5, 0.6) is 0 Å². The van der Waals surface area contributed by atoms with Crippen molar-refractivity contribution in [3.63, 3.8) is 0 Å². The first-order valence-corrected chi connectivity index (χ1v) is 13.8. The largest absolute Gasteiger partial charge is 0.421 e. The first kappa shape index (κ1) is 25.3. The Kier molecular flexibility index (Phi) is 7.15. The molecule has 1 amide bonds. The van der Waals surface area contributed by atoms with Crippen LogP contribution in [-0.4, -0.2) is 22.1 Å². The number of aryl methyl sites for hydroxylation is 1. The van der Waals surface area contributed by atoms with Gasteiger partial charge >= 0.3 is 0 Å². The number of carbonyl (C=O) groups excluding carboxylic acids is 1. The quantitative estimate of drug-likeness (QED) is 0.345. The highest BCUT2D eigenvalue weighted by Crippen LogP contribution is 2.60. The summed E-state index contributed by atoms with van der Waals surface area (Å²) < 4.78 is 5.89. The fourth-order valence-electron chi connectivity index (χ4n) is 6.65. The number of nitrogens with zero attached hydrogens (tertiary/aromatic N) is 2. The second kappa shape index (κ2) is 10.2. The van der Waals surface area contributed by atoms with Crippen LogP contribution in [0.2, 0.25) is 10.0 Å². The second-order valence-corrected chi connectivity index (χ2v) is 11.2. The number of aromatic nitrogens is 2. The van der Waals surface area contributed by atoms with Crippen molar-refractivity contribution in [1.29, 1.82) is 0 Å². The molecule has 0 spiro atoms. The van der Waals surface area contributed by atoms with Crippen molar-refractivity contribution in [3.8, 4) is 11.5 Å². The van der Waals surface area contributed by atoms with Gasteiger partial charge in [0.05, 0.1) is 5.41 Å². The summed E-state index contributed by atoms with van der Waals surface area (Å²) in [7, 11) is 0. The Hall–Kier alpha value is -2.37. The van der Waals surface area contributed by atoms with E-state index in [-0.39, 0.29) is 35.1 Å². The number of benzene rings is 2. The number of unbranched alkanes of at least 4 members (excludes halogenated alkanes) is 1. The summed E-state index contributed by atoms with van der Waals surface area (Å²) >= 11 is 13.2. The molecule has 190 valence electrons. The molecule has 1 saturated carbocycles. The number of nitrogens with one attached hydrogen (secondary N) is 1. The maximum Gasteiger partial charge on any atom is 0.247 e. The Bertz CT molecular complexity index is 1240. The molecule has 7 heteroatoms. The molecule has 1 saturated heterocycles. The summed E-state index contributed by atoms with van der Waals surface area (Å²) in [5.41, 5.74) is 2.77. The zero-order valence-corrected chi connectivity index (χ0v) is 22.6.